The van der Waals surface area contributed by atoms with Crippen molar-refractivity contribution in [1.29, 1.82) is 0 Å². The van der Waals surface area contributed by atoms with Gasteiger partial charge in [-0.3, -0.25) is 4.79 Å². The minimum Gasteiger partial charge on any atom is -0.495 e. The smallest absolute Gasteiger partial charge is 0.258 e. The van der Waals surface area contributed by atoms with Crippen LogP contribution in [0.2, 0.25) is 0 Å². The van der Waals surface area contributed by atoms with Crippen molar-refractivity contribution in [3.63, 3.8) is 0 Å². The monoisotopic (exact) mass is 278 g/mol. The van der Waals surface area contributed by atoms with Gasteiger partial charge in [-0.25, -0.2) is 8.78 Å². The fraction of sp³-hybridized carbons (Fsp3) is 0.0714. The van der Waals surface area contributed by atoms with Crippen molar-refractivity contribution >= 4 is 17.3 Å². The molecule has 4 nitrogen and oxygen atoms in total. The second-order valence-corrected chi connectivity index (χ2v) is 4.04. The Kier molecular flexibility index (Phi) is 3.84. The molecular formula is C14H12F2N2O2. The Balaban J connectivity index is 2.32. The Morgan fingerprint density at radius 1 is 1.20 bits per heavy atom. The topological polar surface area (TPSA) is 64.3 Å². The van der Waals surface area contributed by atoms with Crippen LogP contribution in [-0.4, -0.2) is 13.0 Å². The van der Waals surface area contributed by atoms with E-state index >= 15 is 0 Å². The van der Waals surface area contributed by atoms with E-state index in [1.807, 2.05) is 0 Å². The first-order valence-corrected chi connectivity index (χ1v) is 5.71. The van der Waals surface area contributed by atoms with Gasteiger partial charge in [0.1, 0.15) is 17.4 Å². The first-order valence-electron chi connectivity index (χ1n) is 5.71. The van der Waals surface area contributed by atoms with Gasteiger partial charge in [0.15, 0.2) is 0 Å². The van der Waals surface area contributed by atoms with Crippen molar-refractivity contribution in [3.05, 3.63) is 53.6 Å². The van der Waals surface area contributed by atoms with Crippen molar-refractivity contribution in [1.82, 2.24) is 0 Å². The van der Waals surface area contributed by atoms with E-state index in [1.54, 1.807) is 12.1 Å². The summed E-state index contributed by atoms with van der Waals surface area (Å²) in [4.78, 5) is 12.0. The van der Waals surface area contributed by atoms with E-state index in [0.29, 0.717) is 11.4 Å². The Bertz CT molecular complexity index is 660. The van der Waals surface area contributed by atoms with Crippen molar-refractivity contribution in [3.8, 4) is 5.75 Å². The fourth-order valence-corrected chi connectivity index (χ4v) is 1.68. The highest BCUT2D eigenvalue weighted by Crippen LogP contribution is 2.27. The van der Waals surface area contributed by atoms with Gasteiger partial charge in [0.05, 0.1) is 18.4 Å². The third-order valence-electron chi connectivity index (χ3n) is 2.64. The zero-order chi connectivity index (χ0) is 14.7. The first kappa shape index (κ1) is 13.8. The summed E-state index contributed by atoms with van der Waals surface area (Å²) >= 11 is 0. The number of hydrogen-bond acceptors (Lipinski definition) is 3. The number of methoxy groups -OCH3 is 1. The van der Waals surface area contributed by atoms with Crippen molar-refractivity contribution in [2.24, 2.45) is 0 Å². The second kappa shape index (κ2) is 5.56. The third kappa shape index (κ3) is 2.85. The number of anilines is 2. The molecule has 0 atom stereocenters. The Hall–Kier alpha value is -2.63. The Labute approximate surface area is 114 Å². The van der Waals surface area contributed by atoms with Crippen LogP contribution in [0.4, 0.5) is 20.2 Å². The molecule has 0 unspecified atom stereocenters. The van der Waals surface area contributed by atoms with Crippen LogP contribution >= 0.6 is 0 Å². The van der Waals surface area contributed by atoms with Crippen LogP contribution in [-0.2, 0) is 0 Å². The number of benzene rings is 2. The zero-order valence-corrected chi connectivity index (χ0v) is 10.6. The van der Waals surface area contributed by atoms with Gasteiger partial charge >= 0.3 is 0 Å². The minimum absolute atomic E-state index is 0.279. The molecular weight excluding hydrogens is 266 g/mol. The number of nitrogens with two attached hydrogens (primary N) is 1. The lowest BCUT2D eigenvalue weighted by Gasteiger charge is -2.11. The second-order valence-electron chi connectivity index (χ2n) is 4.04. The summed E-state index contributed by atoms with van der Waals surface area (Å²) in [5.41, 5.74) is 5.90. The van der Waals surface area contributed by atoms with E-state index in [1.165, 1.54) is 13.2 Å². The summed E-state index contributed by atoms with van der Waals surface area (Å²) in [6.45, 7) is 0. The van der Waals surface area contributed by atoms with E-state index in [0.717, 1.165) is 18.2 Å². The van der Waals surface area contributed by atoms with Crippen molar-refractivity contribution in [2.45, 2.75) is 0 Å². The van der Waals surface area contributed by atoms with E-state index in [2.05, 4.69) is 5.32 Å². The number of carbonyl (C=O) groups is 1. The van der Waals surface area contributed by atoms with Gasteiger partial charge in [0, 0.05) is 5.69 Å². The normalized spacial score (nSPS) is 10.2. The molecule has 2 aromatic carbocycles. The lowest BCUT2D eigenvalue weighted by atomic mass is 10.2. The summed E-state index contributed by atoms with van der Waals surface area (Å²) < 4.78 is 31.6. The lowest BCUT2D eigenvalue weighted by molar-refractivity contribution is 0.102. The highest BCUT2D eigenvalue weighted by atomic mass is 19.1. The molecule has 0 fully saturated rings. The number of ether oxygens (including phenoxy) is 1. The molecule has 0 saturated carbocycles. The van der Waals surface area contributed by atoms with Gasteiger partial charge < -0.3 is 15.8 Å². The van der Waals surface area contributed by atoms with Gasteiger partial charge in [-0.05, 0) is 36.4 Å². The minimum atomic E-state index is -0.813. The highest BCUT2D eigenvalue weighted by molar-refractivity contribution is 6.05. The van der Waals surface area contributed by atoms with Crippen LogP contribution in [0.1, 0.15) is 10.4 Å². The van der Waals surface area contributed by atoms with Gasteiger partial charge in [0.25, 0.3) is 5.91 Å². The number of nitrogens with one attached hydrogen (secondary N) is 1. The molecule has 2 aromatic rings. The SMILES string of the molecule is COc1ccc(N)cc1NC(=O)c1cc(F)ccc1F. The van der Waals surface area contributed by atoms with Crippen LogP contribution < -0.4 is 15.8 Å². The van der Waals surface area contributed by atoms with Crippen LogP contribution in [0.3, 0.4) is 0 Å². The van der Waals surface area contributed by atoms with E-state index < -0.39 is 23.1 Å². The van der Waals surface area contributed by atoms with Crippen molar-refractivity contribution < 1.29 is 18.3 Å². The molecule has 6 heteroatoms. The maximum atomic E-state index is 13.5. The number of nitrogen functional groups attached to an aromatic ring is 1. The lowest BCUT2D eigenvalue weighted by Crippen LogP contribution is -2.15. The fourth-order valence-electron chi connectivity index (χ4n) is 1.68. The van der Waals surface area contributed by atoms with E-state index in [9.17, 15) is 13.6 Å². The molecule has 3 N–H and O–H groups in total. The van der Waals surface area contributed by atoms with Gasteiger partial charge in [-0.1, -0.05) is 0 Å². The zero-order valence-electron chi connectivity index (χ0n) is 10.6. The standard InChI is InChI=1S/C14H12F2N2O2/c1-20-13-5-3-9(17)7-12(13)18-14(19)10-6-8(15)2-4-11(10)16/h2-7H,17H2,1H3,(H,18,19). The molecule has 0 aliphatic carbocycles. The molecule has 0 radical (unpaired) electrons. The summed E-state index contributed by atoms with van der Waals surface area (Å²) in [5, 5.41) is 2.44. The molecule has 0 aromatic heterocycles. The van der Waals surface area contributed by atoms with Crippen LogP contribution in [0.25, 0.3) is 0 Å². The van der Waals surface area contributed by atoms with Crippen molar-refractivity contribution in [2.75, 3.05) is 18.2 Å². The quantitative estimate of drug-likeness (QED) is 0.848. The number of amides is 1. The molecule has 2 rings (SSSR count). The van der Waals surface area contributed by atoms with E-state index in [-0.39, 0.29) is 5.69 Å². The summed E-state index contributed by atoms with van der Waals surface area (Å²) in [6.07, 6.45) is 0. The molecule has 0 aliphatic rings. The summed E-state index contributed by atoms with van der Waals surface area (Å²) in [7, 11) is 1.42. The maximum Gasteiger partial charge on any atom is 0.258 e. The molecule has 0 spiro atoms. The summed E-state index contributed by atoms with van der Waals surface area (Å²) in [6, 6.07) is 7.27. The third-order valence-corrected chi connectivity index (χ3v) is 2.64. The largest absolute Gasteiger partial charge is 0.495 e. The molecule has 1 amide bonds. The van der Waals surface area contributed by atoms with Crippen LogP contribution in [0, 0.1) is 11.6 Å². The predicted molar refractivity (Wildman–Crippen MR) is 71.7 cm³/mol. The number of hydrogen-bond donors (Lipinski definition) is 2. The van der Waals surface area contributed by atoms with Crippen LogP contribution in [0.5, 0.6) is 5.75 Å². The van der Waals surface area contributed by atoms with Gasteiger partial charge in [0.2, 0.25) is 0 Å². The first-order chi connectivity index (χ1) is 9.51. The molecule has 104 valence electrons. The highest BCUT2D eigenvalue weighted by Gasteiger charge is 2.15. The Morgan fingerprint density at radius 2 is 1.95 bits per heavy atom. The Morgan fingerprint density at radius 3 is 2.65 bits per heavy atom. The molecule has 20 heavy (non-hydrogen) atoms. The maximum absolute atomic E-state index is 13.5. The average molecular weight is 278 g/mol. The molecule has 0 saturated heterocycles. The van der Waals surface area contributed by atoms with Gasteiger partial charge in [-0.2, -0.15) is 0 Å². The predicted octanol–water partition coefficient (Wildman–Crippen LogP) is 2.81. The molecule has 0 aliphatic heterocycles. The number of halogens is 2. The summed E-state index contributed by atoms with van der Waals surface area (Å²) in [5.74, 6) is -1.93. The average Bonchev–Trinajstić information content (AvgIpc) is 2.41. The van der Waals surface area contributed by atoms with Crippen LogP contribution in [0.15, 0.2) is 36.4 Å². The number of rotatable bonds is 3. The molecule has 0 heterocycles. The van der Waals surface area contributed by atoms with E-state index in [4.69, 9.17) is 10.5 Å². The van der Waals surface area contributed by atoms with Gasteiger partial charge in [-0.15, -0.1) is 0 Å². The number of carbonyl (C=O) groups excluding carboxylic acids is 1. The molecule has 0 bridgehead atoms.